The monoisotopic (exact) mass is 527 g/mol. The number of aliphatic hydroxyl groups excluding tert-OH is 1. The molecule has 1 fully saturated rings. The van der Waals surface area contributed by atoms with Crippen molar-refractivity contribution in [1.29, 1.82) is 0 Å². The number of benzene rings is 3. The third kappa shape index (κ3) is 6.33. The number of anilines is 1. The van der Waals surface area contributed by atoms with Crippen molar-refractivity contribution in [2.45, 2.75) is 58.9 Å². The molecule has 3 aromatic rings. The lowest BCUT2D eigenvalue weighted by Crippen LogP contribution is -2.29. The largest absolute Gasteiger partial charge is 0.507 e. The van der Waals surface area contributed by atoms with Crippen LogP contribution in [0.25, 0.3) is 5.76 Å². The minimum absolute atomic E-state index is 0.0562. The van der Waals surface area contributed by atoms with Crippen LogP contribution in [0.3, 0.4) is 0 Å². The molecule has 1 unspecified atom stereocenters. The number of hydrogen-bond acceptors (Lipinski definition) is 5. The zero-order valence-electron chi connectivity index (χ0n) is 23.0. The molecule has 1 heterocycles. The van der Waals surface area contributed by atoms with Crippen LogP contribution in [-0.4, -0.2) is 30.0 Å². The van der Waals surface area contributed by atoms with Crippen LogP contribution in [0.5, 0.6) is 11.5 Å². The Balaban J connectivity index is 1.75. The molecule has 1 atom stereocenters. The summed E-state index contributed by atoms with van der Waals surface area (Å²) in [6.07, 6.45) is 4.91. The van der Waals surface area contributed by atoms with Crippen molar-refractivity contribution in [1.82, 2.24) is 0 Å². The third-order valence-electron chi connectivity index (χ3n) is 6.86. The molecule has 204 valence electrons. The minimum Gasteiger partial charge on any atom is -0.507 e. The van der Waals surface area contributed by atoms with Crippen molar-refractivity contribution in [2.24, 2.45) is 0 Å². The van der Waals surface area contributed by atoms with Crippen molar-refractivity contribution in [3.8, 4) is 11.5 Å². The van der Waals surface area contributed by atoms with E-state index in [0.29, 0.717) is 36.0 Å². The molecule has 4 rings (SSSR count). The van der Waals surface area contributed by atoms with Crippen LogP contribution >= 0.6 is 0 Å². The van der Waals surface area contributed by atoms with Crippen LogP contribution in [0.15, 0.2) is 78.4 Å². The smallest absolute Gasteiger partial charge is 0.300 e. The van der Waals surface area contributed by atoms with Crippen molar-refractivity contribution < 1.29 is 24.2 Å². The number of ketones is 1. The molecular weight excluding hydrogens is 490 g/mol. The molecule has 1 aliphatic heterocycles. The van der Waals surface area contributed by atoms with E-state index in [9.17, 15) is 14.7 Å². The minimum atomic E-state index is -0.790. The summed E-state index contributed by atoms with van der Waals surface area (Å²) in [4.78, 5) is 28.4. The number of carbonyl (C=O) groups excluding carboxylic acids is 2. The first-order valence-electron chi connectivity index (χ1n) is 13.8. The molecule has 6 heteroatoms. The van der Waals surface area contributed by atoms with E-state index in [1.165, 1.54) is 4.90 Å². The molecule has 0 saturated carbocycles. The van der Waals surface area contributed by atoms with Crippen molar-refractivity contribution >= 4 is 23.1 Å². The Kier molecular flexibility index (Phi) is 9.42. The maximum atomic E-state index is 13.5. The summed E-state index contributed by atoms with van der Waals surface area (Å²) < 4.78 is 11.6. The Labute approximate surface area is 230 Å². The van der Waals surface area contributed by atoms with E-state index in [-0.39, 0.29) is 11.3 Å². The average Bonchev–Trinajstić information content (AvgIpc) is 3.24. The number of carbonyl (C=O) groups is 2. The molecular formula is C33H37NO5. The van der Waals surface area contributed by atoms with E-state index in [1.807, 2.05) is 37.3 Å². The molecule has 1 N–H and O–H groups in total. The Bertz CT molecular complexity index is 1310. The topological polar surface area (TPSA) is 76.1 Å². The number of unbranched alkanes of at least 4 members (excludes halogenated alkanes) is 2. The van der Waals surface area contributed by atoms with Gasteiger partial charge in [0.15, 0.2) is 0 Å². The van der Waals surface area contributed by atoms with Gasteiger partial charge in [-0.05, 0) is 66.8 Å². The van der Waals surface area contributed by atoms with Gasteiger partial charge in [0.25, 0.3) is 11.7 Å². The van der Waals surface area contributed by atoms with E-state index in [1.54, 1.807) is 42.5 Å². The second kappa shape index (κ2) is 13.1. The van der Waals surface area contributed by atoms with Crippen molar-refractivity contribution in [3.05, 3.63) is 95.1 Å². The van der Waals surface area contributed by atoms with E-state index in [0.717, 1.165) is 43.2 Å². The maximum Gasteiger partial charge on any atom is 0.300 e. The van der Waals surface area contributed by atoms with Crippen LogP contribution in [0.1, 0.15) is 69.2 Å². The highest BCUT2D eigenvalue weighted by Crippen LogP contribution is 2.43. The number of Topliss-reactive ketones (excluding diaryl/α,β-unsaturated/α-hetero) is 1. The van der Waals surface area contributed by atoms with E-state index in [4.69, 9.17) is 9.47 Å². The summed E-state index contributed by atoms with van der Waals surface area (Å²) >= 11 is 0. The van der Waals surface area contributed by atoms with Crippen LogP contribution < -0.4 is 14.4 Å². The standard InChI is InChI=1S/C33H37NO5/c1-4-7-8-21-39-27-18-16-25(17-19-27)31(35)29-30(24-14-12-23(6-3)13-15-24)34(33(37)32(29)36)26-10-9-11-28(22-26)38-20-5-2/h9-19,22,30,35H,4-8,20-21H2,1-3H3/b31-29+. The van der Waals surface area contributed by atoms with Gasteiger partial charge in [-0.2, -0.15) is 0 Å². The number of amides is 1. The summed E-state index contributed by atoms with van der Waals surface area (Å²) in [5.41, 5.74) is 2.92. The van der Waals surface area contributed by atoms with Gasteiger partial charge in [0.1, 0.15) is 17.3 Å². The number of nitrogens with zero attached hydrogens (tertiary/aromatic N) is 1. The SMILES string of the molecule is CCCCCOc1ccc(/C(O)=C2\C(=O)C(=O)N(c3cccc(OCCC)c3)C2c2ccc(CC)cc2)cc1. The maximum absolute atomic E-state index is 13.5. The normalized spacial score (nSPS) is 16.5. The summed E-state index contributed by atoms with van der Waals surface area (Å²) in [7, 11) is 0. The van der Waals surface area contributed by atoms with Gasteiger partial charge in [0.05, 0.1) is 24.8 Å². The van der Waals surface area contributed by atoms with Gasteiger partial charge < -0.3 is 14.6 Å². The predicted octanol–water partition coefficient (Wildman–Crippen LogP) is 7.23. The third-order valence-corrected chi connectivity index (χ3v) is 6.86. The van der Waals surface area contributed by atoms with Gasteiger partial charge in [-0.25, -0.2) is 0 Å². The van der Waals surface area contributed by atoms with Crippen LogP contribution in [-0.2, 0) is 16.0 Å². The number of aliphatic hydroxyl groups is 1. The van der Waals surface area contributed by atoms with E-state index in [2.05, 4.69) is 13.8 Å². The second-order valence-corrected chi connectivity index (χ2v) is 9.69. The molecule has 39 heavy (non-hydrogen) atoms. The molecule has 0 aromatic heterocycles. The molecule has 0 bridgehead atoms. The molecule has 6 nitrogen and oxygen atoms in total. The highest BCUT2D eigenvalue weighted by molar-refractivity contribution is 6.51. The highest BCUT2D eigenvalue weighted by atomic mass is 16.5. The van der Waals surface area contributed by atoms with Crippen molar-refractivity contribution in [3.63, 3.8) is 0 Å². The Hall–Kier alpha value is -4.06. The molecule has 0 radical (unpaired) electrons. The van der Waals surface area contributed by atoms with Gasteiger partial charge in [-0.1, -0.05) is 63.9 Å². The second-order valence-electron chi connectivity index (χ2n) is 9.69. The lowest BCUT2D eigenvalue weighted by molar-refractivity contribution is -0.132. The number of aryl methyl sites for hydroxylation is 1. The molecule has 3 aromatic carbocycles. The average molecular weight is 528 g/mol. The summed E-state index contributed by atoms with van der Waals surface area (Å²) in [6.45, 7) is 7.40. The van der Waals surface area contributed by atoms with E-state index >= 15 is 0 Å². The summed E-state index contributed by atoms with van der Waals surface area (Å²) in [5.74, 6) is -0.317. The number of ether oxygens (including phenoxy) is 2. The van der Waals surface area contributed by atoms with Gasteiger partial charge in [0, 0.05) is 17.3 Å². The van der Waals surface area contributed by atoms with Gasteiger partial charge in [-0.3, -0.25) is 14.5 Å². The molecule has 0 aliphatic carbocycles. The first-order valence-corrected chi connectivity index (χ1v) is 13.8. The summed E-state index contributed by atoms with van der Waals surface area (Å²) in [5, 5.41) is 11.4. The first kappa shape index (κ1) is 28.0. The Morgan fingerprint density at radius 3 is 2.21 bits per heavy atom. The fourth-order valence-electron chi connectivity index (χ4n) is 4.70. The quantitative estimate of drug-likeness (QED) is 0.116. The lowest BCUT2D eigenvalue weighted by atomic mass is 9.94. The summed E-state index contributed by atoms with van der Waals surface area (Å²) in [6, 6.07) is 21.2. The fourth-order valence-corrected chi connectivity index (χ4v) is 4.70. The van der Waals surface area contributed by atoms with Gasteiger partial charge in [-0.15, -0.1) is 0 Å². The molecule has 0 spiro atoms. The van der Waals surface area contributed by atoms with Crippen LogP contribution in [0.2, 0.25) is 0 Å². The van der Waals surface area contributed by atoms with Gasteiger partial charge >= 0.3 is 0 Å². The van der Waals surface area contributed by atoms with E-state index < -0.39 is 17.7 Å². The predicted molar refractivity (Wildman–Crippen MR) is 154 cm³/mol. The molecule has 1 aliphatic rings. The van der Waals surface area contributed by atoms with Gasteiger partial charge in [0.2, 0.25) is 0 Å². The van der Waals surface area contributed by atoms with Crippen LogP contribution in [0, 0.1) is 0 Å². The van der Waals surface area contributed by atoms with Crippen LogP contribution in [0.4, 0.5) is 5.69 Å². The fraction of sp³-hybridized carbons (Fsp3) is 0.333. The zero-order valence-corrected chi connectivity index (χ0v) is 23.0. The Morgan fingerprint density at radius 1 is 0.821 bits per heavy atom. The van der Waals surface area contributed by atoms with Crippen molar-refractivity contribution in [2.75, 3.05) is 18.1 Å². The number of rotatable bonds is 12. The first-order chi connectivity index (χ1) is 19.0. The molecule has 1 amide bonds. The highest BCUT2D eigenvalue weighted by Gasteiger charge is 2.47. The lowest BCUT2D eigenvalue weighted by Gasteiger charge is -2.26. The zero-order chi connectivity index (χ0) is 27.8. The molecule has 1 saturated heterocycles. The Morgan fingerprint density at radius 2 is 1.54 bits per heavy atom. The number of hydrogen-bond donors (Lipinski definition) is 1.